The molecule has 0 heterocycles. The van der Waals surface area contributed by atoms with Crippen molar-refractivity contribution in [2.24, 2.45) is 5.41 Å². The van der Waals surface area contributed by atoms with Crippen molar-refractivity contribution in [2.45, 2.75) is 16.1 Å². The second-order valence-corrected chi connectivity index (χ2v) is 8.73. The van der Waals surface area contributed by atoms with Crippen LogP contribution in [0.1, 0.15) is 11.5 Å². The van der Waals surface area contributed by atoms with Gasteiger partial charge in [-0.3, -0.25) is 4.79 Å². The van der Waals surface area contributed by atoms with E-state index in [1.54, 1.807) is 0 Å². The standard InChI is InChI=1S/C18H16ClFO5S/c1-25-10-18(17(21)22)15(11-2-6-13(20)7-3-11)16(18)26(23,24)14-8-4-12(19)5-9-14/h2-9,15-16H,10H2,1H3,(H,21,22)/t15-,16+,18+/m1/s1. The minimum Gasteiger partial charge on any atom is -0.481 e. The molecule has 138 valence electrons. The summed E-state index contributed by atoms with van der Waals surface area (Å²) in [5.74, 6) is -2.60. The second kappa shape index (κ2) is 6.64. The van der Waals surface area contributed by atoms with Crippen LogP contribution in [0.3, 0.4) is 0 Å². The maximum atomic E-state index is 13.2. The minimum atomic E-state index is -3.98. The van der Waals surface area contributed by atoms with E-state index in [1.165, 1.54) is 55.6 Å². The summed E-state index contributed by atoms with van der Waals surface area (Å²) < 4.78 is 44.5. The normalized spacial score (nSPS) is 25.0. The van der Waals surface area contributed by atoms with E-state index in [0.717, 1.165) is 0 Å². The summed E-state index contributed by atoms with van der Waals surface area (Å²) in [6.45, 7) is -0.276. The van der Waals surface area contributed by atoms with Gasteiger partial charge in [0.25, 0.3) is 0 Å². The molecule has 0 aliphatic heterocycles. The highest BCUT2D eigenvalue weighted by molar-refractivity contribution is 7.92. The molecule has 1 saturated carbocycles. The van der Waals surface area contributed by atoms with Gasteiger partial charge in [0.05, 0.1) is 16.8 Å². The number of hydrogen-bond donors (Lipinski definition) is 1. The maximum Gasteiger partial charge on any atom is 0.314 e. The maximum absolute atomic E-state index is 13.2. The van der Waals surface area contributed by atoms with Gasteiger partial charge in [0.2, 0.25) is 0 Å². The van der Waals surface area contributed by atoms with Gasteiger partial charge in [0.15, 0.2) is 9.84 Å². The molecule has 26 heavy (non-hydrogen) atoms. The molecule has 3 rings (SSSR count). The Morgan fingerprint density at radius 2 is 1.77 bits per heavy atom. The van der Waals surface area contributed by atoms with Crippen LogP contribution in [0, 0.1) is 11.2 Å². The molecule has 0 saturated heterocycles. The average molecular weight is 399 g/mol. The number of carbonyl (C=O) groups is 1. The minimum absolute atomic E-state index is 0.0155. The summed E-state index contributed by atoms with van der Waals surface area (Å²) in [7, 11) is -2.66. The third kappa shape index (κ3) is 2.90. The fourth-order valence-electron chi connectivity index (χ4n) is 3.50. The Balaban J connectivity index is 2.11. The van der Waals surface area contributed by atoms with Crippen molar-refractivity contribution in [3.63, 3.8) is 0 Å². The fraction of sp³-hybridized carbons (Fsp3) is 0.278. The average Bonchev–Trinajstić information content (AvgIpc) is 3.27. The number of carboxylic acid groups (broad SMARTS) is 1. The van der Waals surface area contributed by atoms with Gasteiger partial charge in [0, 0.05) is 18.1 Å². The van der Waals surface area contributed by atoms with Crippen LogP contribution in [0.15, 0.2) is 53.4 Å². The van der Waals surface area contributed by atoms with Crippen molar-refractivity contribution in [2.75, 3.05) is 13.7 Å². The van der Waals surface area contributed by atoms with Crippen molar-refractivity contribution < 1.29 is 27.4 Å². The number of methoxy groups -OCH3 is 1. The number of rotatable bonds is 6. The van der Waals surface area contributed by atoms with E-state index in [1.807, 2.05) is 0 Å². The Labute approximate surface area is 155 Å². The third-order valence-electron chi connectivity index (χ3n) is 4.74. The number of benzene rings is 2. The summed E-state index contributed by atoms with van der Waals surface area (Å²) in [4.78, 5) is 12.0. The van der Waals surface area contributed by atoms with Crippen LogP contribution in [-0.2, 0) is 19.4 Å². The molecule has 0 radical (unpaired) electrons. The molecule has 5 nitrogen and oxygen atoms in total. The molecule has 2 aromatic carbocycles. The third-order valence-corrected chi connectivity index (χ3v) is 7.29. The van der Waals surface area contributed by atoms with Crippen LogP contribution < -0.4 is 0 Å². The zero-order chi connectivity index (χ0) is 19.1. The van der Waals surface area contributed by atoms with E-state index in [4.69, 9.17) is 16.3 Å². The Morgan fingerprint density at radius 1 is 1.19 bits per heavy atom. The highest BCUT2D eigenvalue weighted by Crippen LogP contribution is 2.64. The predicted molar refractivity (Wildman–Crippen MR) is 93.5 cm³/mol. The Kier molecular flexibility index (Phi) is 4.81. The van der Waals surface area contributed by atoms with Crippen molar-refractivity contribution >= 4 is 27.4 Å². The lowest BCUT2D eigenvalue weighted by Gasteiger charge is -2.12. The van der Waals surface area contributed by atoms with Crippen LogP contribution in [0.5, 0.6) is 0 Å². The number of hydrogen-bond acceptors (Lipinski definition) is 4. The number of aliphatic carboxylic acids is 1. The van der Waals surface area contributed by atoms with Crippen LogP contribution in [0.4, 0.5) is 4.39 Å². The number of ether oxygens (including phenoxy) is 1. The van der Waals surface area contributed by atoms with E-state index >= 15 is 0 Å². The van der Waals surface area contributed by atoms with Crippen LogP contribution >= 0.6 is 11.6 Å². The van der Waals surface area contributed by atoms with Gasteiger partial charge in [-0.1, -0.05) is 23.7 Å². The smallest absolute Gasteiger partial charge is 0.314 e. The molecule has 0 amide bonds. The topological polar surface area (TPSA) is 80.7 Å². The lowest BCUT2D eigenvalue weighted by Crippen LogP contribution is -2.28. The molecule has 0 aromatic heterocycles. The molecule has 1 fully saturated rings. The first-order chi connectivity index (χ1) is 12.2. The molecule has 0 spiro atoms. The Bertz CT molecular complexity index is 927. The van der Waals surface area contributed by atoms with Crippen molar-refractivity contribution in [1.29, 1.82) is 0 Å². The van der Waals surface area contributed by atoms with Gasteiger partial charge in [-0.15, -0.1) is 0 Å². The summed E-state index contributed by atoms with van der Waals surface area (Å²) in [6, 6.07) is 10.7. The summed E-state index contributed by atoms with van der Waals surface area (Å²) >= 11 is 5.81. The number of sulfone groups is 1. The van der Waals surface area contributed by atoms with Crippen LogP contribution in [0.25, 0.3) is 0 Å². The number of halogens is 2. The summed E-state index contributed by atoms with van der Waals surface area (Å²) in [6.07, 6.45) is 0. The SMILES string of the molecule is COC[C@]1(C(=O)O)[C@H](c2ccc(F)cc2)[C@@H]1S(=O)(=O)c1ccc(Cl)cc1. The van der Waals surface area contributed by atoms with Gasteiger partial charge in [0.1, 0.15) is 11.2 Å². The quantitative estimate of drug-likeness (QED) is 0.808. The Hall–Kier alpha value is -1.96. The largest absolute Gasteiger partial charge is 0.481 e. The molecule has 3 atom stereocenters. The highest BCUT2D eigenvalue weighted by atomic mass is 35.5. The van der Waals surface area contributed by atoms with Gasteiger partial charge < -0.3 is 9.84 Å². The van der Waals surface area contributed by atoms with Crippen molar-refractivity contribution in [3.8, 4) is 0 Å². The van der Waals surface area contributed by atoms with Gasteiger partial charge in [-0.05, 0) is 42.0 Å². The van der Waals surface area contributed by atoms with Crippen LogP contribution in [0.2, 0.25) is 5.02 Å². The van der Waals surface area contributed by atoms with E-state index in [0.29, 0.717) is 10.6 Å². The molecular weight excluding hydrogens is 383 g/mol. The number of carboxylic acids is 1. The first kappa shape index (κ1) is 18.8. The highest BCUT2D eigenvalue weighted by Gasteiger charge is 2.76. The van der Waals surface area contributed by atoms with Crippen molar-refractivity contribution in [3.05, 3.63) is 64.9 Å². The molecule has 1 aliphatic carbocycles. The first-order valence-corrected chi connectivity index (χ1v) is 9.65. The fourth-order valence-corrected chi connectivity index (χ4v) is 5.98. The molecule has 1 aliphatic rings. The lowest BCUT2D eigenvalue weighted by molar-refractivity contribution is -0.145. The molecule has 1 N–H and O–H groups in total. The second-order valence-electron chi connectivity index (χ2n) is 6.23. The lowest BCUT2D eigenvalue weighted by atomic mass is 10.00. The van der Waals surface area contributed by atoms with E-state index in [-0.39, 0.29) is 11.5 Å². The van der Waals surface area contributed by atoms with E-state index in [2.05, 4.69) is 0 Å². The monoisotopic (exact) mass is 398 g/mol. The predicted octanol–water partition coefficient (Wildman–Crippen LogP) is 3.14. The summed E-state index contributed by atoms with van der Waals surface area (Å²) in [5.41, 5.74) is -1.20. The molecule has 0 unspecified atom stereocenters. The van der Waals surface area contributed by atoms with E-state index < -0.39 is 38.2 Å². The van der Waals surface area contributed by atoms with Crippen molar-refractivity contribution in [1.82, 2.24) is 0 Å². The molecule has 0 bridgehead atoms. The first-order valence-electron chi connectivity index (χ1n) is 7.72. The zero-order valence-electron chi connectivity index (χ0n) is 13.7. The molecular formula is C18H16ClFO5S. The zero-order valence-corrected chi connectivity index (χ0v) is 15.3. The molecule has 8 heteroatoms. The molecule has 2 aromatic rings. The Morgan fingerprint density at radius 3 is 2.27 bits per heavy atom. The van der Waals surface area contributed by atoms with Gasteiger partial charge >= 0.3 is 5.97 Å². The summed E-state index contributed by atoms with van der Waals surface area (Å²) in [5, 5.41) is 8.95. The van der Waals surface area contributed by atoms with E-state index in [9.17, 15) is 22.7 Å². The van der Waals surface area contributed by atoms with Gasteiger partial charge in [-0.2, -0.15) is 0 Å². The van der Waals surface area contributed by atoms with Gasteiger partial charge in [-0.25, -0.2) is 12.8 Å². The van der Waals surface area contributed by atoms with Crippen LogP contribution in [-0.4, -0.2) is 38.5 Å².